The molecule has 6 heteroatoms. The molecule has 2 aromatic carbocycles. The summed E-state index contributed by atoms with van der Waals surface area (Å²) < 4.78 is 13.2. The highest BCUT2D eigenvalue weighted by Crippen LogP contribution is 2.21. The minimum Gasteiger partial charge on any atom is -0.361 e. The molecule has 3 aromatic rings. The van der Waals surface area contributed by atoms with Crippen LogP contribution in [0.3, 0.4) is 0 Å². The number of rotatable bonds is 6. The molecule has 156 valence electrons. The first-order chi connectivity index (χ1) is 14.6. The molecule has 1 saturated carbocycles. The number of halogens is 1. The zero-order chi connectivity index (χ0) is 20.9. The maximum absolute atomic E-state index is 13.2. The van der Waals surface area contributed by atoms with Gasteiger partial charge >= 0.3 is 0 Å². The number of hydrogen-bond donors (Lipinski definition) is 3. The molecule has 0 saturated heterocycles. The van der Waals surface area contributed by atoms with Crippen LogP contribution in [0, 0.1) is 5.82 Å². The Balaban J connectivity index is 1.54. The molecule has 1 fully saturated rings. The van der Waals surface area contributed by atoms with Crippen molar-refractivity contribution < 1.29 is 14.0 Å². The largest absolute Gasteiger partial charge is 0.361 e. The fourth-order valence-corrected chi connectivity index (χ4v) is 4.12. The smallest absolute Gasteiger partial charge is 0.251 e. The lowest BCUT2D eigenvalue weighted by atomic mass is 9.95. The summed E-state index contributed by atoms with van der Waals surface area (Å²) in [4.78, 5) is 29.1. The molecule has 1 aliphatic carbocycles. The van der Waals surface area contributed by atoms with Crippen LogP contribution in [-0.4, -0.2) is 28.9 Å². The first-order valence-electron chi connectivity index (χ1n) is 10.5. The van der Waals surface area contributed by atoms with Gasteiger partial charge in [0.05, 0.1) is 0 Å². The second kappa shape index (κ2) is 9.11. The van der Waals surface area contributed by atoms with Crippen molar-refractivity contribution in [3.05, 3.63) is 71.7 Å². The number of fused-ring (bicyclic) bond motifs is 1. The van der Waals surface area contributed by atoms with E-state index in [1.165, 1.54) is 30.7 Å². The summed E-state index contributed by atoms with van der Waals surface area (Å²) in [6.45, 7) is 0. The number of aromatic amines is 1. The summed E-state index contributed by atoms with van der Waals surface area (Å²) >= 11 is 0. The highest BCUT2D eigenvalue weighted by molar-refractivity contribution is 5.98. The van der Waals surface area contributed by atoms with Crippen LogP contribution in [0.1, 0.15) is 48.0 Å². The Bertz CT molecular complexity index is 1020. The number of benzene rings is 2. The Hall–Kier alpha value is -3.15. The van der Waals surface area contributed by atoms with Crippen LogP contribution in [0.2, 0.25) is 0 Å². The van der Waals surface area contributed by atoms with Gasteiger partial charge < -0.3 is 15.6 Å². The molecule has 0 aliphatic heterocycles. The molecule has 0 bridgehead atoms. The number of carbonyl (C=O) groups excluding carboxylic acids is 2. The maximum Gasteiger partial charge on any atom is 0.251 e. The summed E-state index contributed by atoms with van der Waals surface area (Å²) in [6.07, 6.45) is 7.62. The molecule has 3 N–H and O–H groups in total. The molecule has 5 nitrogen and oxygen atoms in total. The highest BCUT2D eigenvalue weighted by atomic mass is 19.1. The molecule has 1 aliphatic rings. The lowest BCUT2D eigenvalue weighted by Gasteiger charge is -2.26. The molecular formula is C24H26FN3O2. The molecule has 1 atom stereocenters. The standard InChI is InChI=1S/C24H26FN3O2/c25-18-12-10-16(11-13-18)23(29)28-22(24(30)27-19-6-2-1-3-7-19)14-17-15-26-21-9-5-4-8-20(17)21/h4-5,8-13,15,19,22,26H,1-3,6-7,14H2,(H,27,30)(H,28,29)/t22-/m1/s1. The molecule has 2 amide bonds. The van der Waals surface area contributed by atoms with E-state index in [1.54, 1.807) is 0 Å². The summed E-state index contributed by atoms with van der Waals surface area (Å²) in [5.41, 5.74) is 2.28. The van der Waals surface area contributed by atoms with Crippen molar-refractivity contribution in [1.29, 1.82) is 0 Å². The van der Waals surface area contributed by atoms with Crippen molar-refractivity contribution in [2.24, 2.45) is 0 Å². The zero-order valence-electron chi connectivity index (χ0n) is 16.8. The van der Waals surface area contributed by atoms with E-state index < -0.39 is 17.8 Å². The average Bonchev–Trinajstić information content (AvgIpc) is 3.17. The number of para-hydroxylation sites is 1. The molecule has 0 radical (unpaired) electrons. The molecule has 1 heterocycles. The fourth-order valence-electron chi connectivity index (χ4n) is 4.12. The normalized spacial score (nSPS) is 15.6. The predicted molar refractivity (Wildman–Crippen MR) is 115 cm³/mol. The quantitative estimate of drug-likeness (QED) is 0.576. The van der Waals surface area contributed by atoms with Crippen LogP contribution in [0.25, 0.3) is 10.9 Å². The van der Waals surface area contributed by atoms with Gasteiger partial charge in [-0.2, -0.15) is 0 Å². The highest BCUT2D eigenvalue weighted by Gasteiger charge is 2.26. The fraction of sp³-hybridized carbons (Fsp3) is 0.333. The van der Waals surface area contributed by atoms with Crippen LogP contribution in [0.4, 0.5) is 4.39 Å². The molecule has 0 unspecified atom stereocenters. The van der Waals surface area contributed by atoms with Crippen molar-refractivity contribution in [1.82, 2.24) is 15.6 Å². The van der Waals surface area contributed by atoms with Crippen molar-refractivity contribution in [2.75, 3.05) is 0 Å². The molecule has 30 heavy (non-hydrogen) atoms. The van der Waals surface area contributed by atoms with Crippen molar-refractivity contribution in [3.8, 4) is 0 Å². The van der Waals surface area contributed by atoms with E-state index in [4.69, 9.17) is 0 Å². The van der Waals surface area contributed by atoms with Crippen molar-refractivity contribution >= 4 is 22.7 Å². The Morgan fingerprint density at radius 1 is 1.03 bits per heavy atom. The van der Waals surface area contributed by atoms with Gasteiger partial charge in [-0.1, -0.05) is 37.5 Å². The van der Waals surface area contributed by atoms with Crippen molar-refractivity contribution in [3.63, 3.8) is 0 Å². The van der Waals surface area contributed by atoms with Gasteiger partial charge in [-0.3, -0.25) is 9.59 Å². The van der Waals surface area contributed by atoms with Gasteiger partial charge in [-0.05, 0) is 48.7 Å². The van der Waals surface area contributed by atoms with Crippen LogP contribution in [0.15, 0.2) is 54.7 Å². The number of amides is 2. The van der Waals surface area contributed by atoms with Gasteiger partial charge in [-0.15, -0.1) is 0 Å². The Morgan fingerprint density at radius 2 is 1.77 bits per heavy atom. The number of hydrogen-bond acceptors (Lipinski definition) is 2. The van der Waals surface area contributed by atoms with Gasteiger partial charge in [0.25, 0.3) is 5.91 Å². The average molecular weight is 407 g/mol. The second-order valence-corrected chi connectivity index (χ2v) is 7.94. The predicted octanol–water partition coefficient (Wildman–Crippen LogP) is 4.10. The lowest BCUT2D eigenvalue weighted by molar-refractivity contribution is -0.123. The second-order valence-electron chi connectivity index (χ2n) is 7.94. The number of aromatic nitrogens is 1. The Labute approximate surface area is 175 Å². The third kappa shape index (κ3) is 4.70. The van der Waals surface area contributed by atoms with Gasteiger partial charge in [-0.25, -0.2) is 4.39 Å². The lowest BCUT2D eigenvalue weighted by Crippen LogP contribution is -2.51. The number of carbonyl (C=O) groups is 2. The molecule has 0 spiro atoms. The van der Waals surface area contributed by atoms with E-state index in [1.807, 2.05) is 30.5 Å². The summed E-state index contributed by atoms with van der Waals surface area (Å²) in [6, 6.07) is 12.6. The van der Waals surface area contributed by atoms with Crippen LogP contribution < -0.4 is 10.6 Å². The third-order valence-corrected chi connectivity index (χ3v) is 5.78. The first kappa shape index (κ1) is 20.1. The van der Waals surface area contributed by atoms with Gasteiger partial charge in [0.2, 0.25) is 5.91 Å². The first-order valence-corrected chi connectivity index (χ1v) is 10.5. The summed E-state index contributed by atoms with van der Waals surface area (Å²) in [5.74, 6) is -0.974. The Kier molecular flexibility index (Phi) is 6.12. The van der Waals surface area contributed by atoms with E-state index in [9.17, 15) is 14.0 Å². The van der Waals surface area contributed by atoms with Crippen LogP contribution >= 0.6 is 0 Å². The van der Waals surface area contributed by atoms with Crippen LogP contribution in [-0.2, 0) is 11.2 Å². The monoisotopic (exact) mass is 407 g/mol. The Morgan fingerprint density at radius 3 is 2.53 bits per heavy atom. The number of H-pyrrole nitrogens is 1. The van der Waals surface area contributed by atoms with E-state index >= 15 is 0 Å². The minimum atomic E-state index is -0.719. The maximum atomic E-state index is 13.2. The van der Waals surface area contributed by atoms with E-state index in [2.05, 4.69) is 15.6 Å². The SMILES string of the molecule is O=C(N[C@H](Cc1c[nH]c2ccccc12)C(=O)NC1CCCCC1)c1ccc(F)cc1. The van der Waals surface area contributed by atoms with Crippen molar-refractivity contribution in [2.45, 2.75) is 50.6 Å². The third-order valence-electron chi connectivity index (χ3n) is 5.78. The van der Waals surface area contributed by atoms with Gasteiger partial charge in [0.15, 0.2) is 0 Å². The van der Waals surface area contributed by atoms with Crippen LogP contribution in [0.5, 0.6) is 0 Å². The number of nitrogens with one attached hydrogen (secondary N) is 3. The minimum absolute atomic E-state index is 0.152. The molecule has 1 aromatic heterocycles. The zero-order valence-corrected chi connectivity index (χ0v) is 16.8. The molecule has 4 rings (SSSR count). The summed E-state index contributed by atoms with van der Waals surface area (Å²) in [7, 11) is 0. The summed E-state index contributed by atoms with van der Waals surface area (Å²) in [5, 5.41) is 7.01. The molecular weight excluding hydrogens is 381 g/mol. The van der Waals surface area contributed by atoms with E-state index in [0.29, 0.717) is 12.0 Å². The van der Waals surface area contributed by atoms with Gasteiger partial charge in [0.1, 0.15) is 11.9 Å². The van der Waals surface area contributed by atoms with E-state index in [-0.39, 0.29) is 11.9 Å². The van der Waals surface area contributed by atoms with E-state index in [0.717, 1.165) is 42.1 Å². The van der Waals surface area contributed by atoms with Gasteiger partial charge in [0, 0.05) is 35.1 Å². The topological polar surface area (TPSA) is 74.0 Å².